The van der Waals surface area contributed by atoms with Crippen molar-refractivity contribution in [3.05, 3.63) is 70.9 Å². The molecule has 1 atom stereocenters. The highest BCUT2D eigenvalue weighted by molar-refractivity contribution is 6.00. The maximum atomic E-state index is 13.3. The first-order valence-electron chi connectivity index (χ1n) is 10.9. The Hall–Kier alpha value is -3.65. The monoisotopic (exact) mass is 449 g/mol. The number of carbonyl (C=O) groups is 2. The zero-order valence-corrected chi connectivity index (χ0v) is 19.0. The van der Waals surface area contributed by atoms with Crippen LogP contribution in [-0.4, -0.2) is 61.0 Å². The van der Waals surface area contributed by atoms with Gasteiger partial charge in [-0.1, -0.05) is 12.1 Å². The summed E-state index contributed by atoms with van der Waals surface area (Å²) in [6.45, 7) is 3.61. The van der Waals surface area contributed by atoms with Crippen molar-refractivity contribution < 1.29 is 23.8 Å². The van der Waals surface area contributed by atoms with Gasteiger partial charge >= 0.3 is 5.97 Å². The molecule has 1 amide bonds. The van der Waals surface area contributed by atoms with Gasteiger partial charge in [0, 0.05) is 31.4 Å². The predicted molar refractivity (Wildman–Crippen MR) is 122 cm³/mol. The van der Waals surface area contributed by atoms with Crippen LogP contribution in [0, 0.1) is 0 Å². The van der Waals surface area contributed by atoms with Crippen molar-refractivity contribution in [1.29, 1.82) is 0 Å². The van der Waals surface area contributed by atoms with Crippen molar-refractivity contribution in [3.63, 3.8) is 0 Å². The van der Waals surface area contributed by atoms with Gasteiger partial charge in [0.1, 0.15) is 11.4 Å². The number of amides is 1. The number of methoxy groups -OCH3 is 2. The summed E-state index contributed by atoms with van der Waals surface area (Å²) in [5.41, 5.74) is 4.26. The number of fused-ring (bicyclic) bond motifs is 1. The number of hydrogen-bond donors (Lipinski definition) is 1. The van der Waals surface area contributed by atoms with Gasteiger partial charge in [0.25, 0.3) is 5.91 Å². The van der Waals surface area contributed by atoms with E-state index >= 15 is 0 Å². The lowest BCUT2D eigenvalue weighted by Crippen LogP contribution is -2.31. The van der Waals surface area contributed by atoms with Crippen LogP contribution in [0.4, 0.5) is 0 Å². The number of nitrogens with zero attached hydrogens (tertiary/aromatic N) is 2. The molecule has 2 aromatic carbocycles. The maximum absolute atomic E-state index is 13.3. The van der Waals surface area contributed by atoms with Gasteiger partial charge in [-0.05, 0) is 55.3 Å². The van der Waals surface area contributed by atoms with Crippen molar-refractivity contribution in [2.24, 2.45) is 0 Å². The number of nitrogens with one attached hydrogen (secondary N) is 1. The van der Waals surface area contributed by atoms with Crippen LogP contribution in [-0.2, 0) is 9.47 Å². The molecule has 172 valence electrons. The molecular weight excluding hydrogens is 422 g/mol. The van der Waals surface area contributed by atoms with Gasteiger partial charge in [-0.3, -0.25) is 9.89 Å². The first-order chi connectivity index (χ1) is 16.1. The largest absolute Gasteiger partial charge is 0.494 e. The quantitative estimate of drug-likeness (QED) is 0.394. The Labute approximate surface area is 192 Å². The summed E-state index contributed by atoms with van der Waals surface area (Å²) in [5.74, 6) is 0.272. The fourth-order valence-electron chi connectivity index (χ4n) is 4.17. The normalized spacial score (nSPS) is 14.9. The lowest BCUT2D eigenvalue weighted by molar-refractivity contribution is 0.0599. The number of rotatable bonds is 9. The van der Waals surface area contributed by atoms with E-state index in [9.17, 15) is 9.59 Å². The molecule has 1 unspecified atom stereocenters. The highest BCUT2D eigenvalue weighted by Gasteiger charge is 2.41. The number of hydrogen-bond acceptors (Lipinski definition) is 6. The summed E-state index contributed by atoms with van der Waals surface area (Å²) in [4.78, 5) is 27.0. The minimum atomic E-state index is -0.403. The van der Waals surface area contributed by atoms with Gasteiger partial charge in [0.05, 0.1) is 31.0 Å². The van der Waals surface area contributed by atoms with Crippen LogP contribution in [0.15, 0.2) is 48.5 Å². The zero-order chi connectivity index (χ0) is 23.4. The van der Waals surface area contributed by atoms with Crippen molar-refractivity contribution >= 4 is 11.9 Å². The highest BCUT2D eigenvalue weighted by atomic mass is 16.5. The van der Waals surface area contributed by atoms with Crippen LogP contribution in [0.1, 0.15) is 51.4 Å². The Bertz CT molecular complexity index is 1120. The second-order valence-electron chi connectivity index (χ2n) is 7.68. The number of ether oxygens (including phenoxy) is 3. The minimum absolute atomic E-state index is 0.104. The second kappa shape index (κ2) is 9.87. The van der Waals surface area contributed by atoms with E-state index in [4.69, 9.17) is 14.2 Å². The van der Waals surface area contributed by atoms with Crippen molar-refractivity contribution in [3.8, 4) is 17.0 Å². The molecule has 8 heteroatoms. The number of benzene rings is 2. The van der Waals surface area contributed by atoms with Crippen LogP contribution in [0.2, 0.25) is 0 Å². The van der Waals surface area contributed by atoms with Crippen molar-refractivity contribution in [1.82, 2.24) is 15.1 Å². The molecule has 1 N–H and O–H groups in total. The minimum Gasteiger partial charge on any atom is -0.494 e. The Morgan fingerprint density at radius 1 is 1.09 bits per heavy atom. The first kappa shape index (κ1) is 22.5. The molecule has 0 spiro atoms. The third-order valence-corrected chi connectivity index (χ3v) is 5.70. The predicted octanol–water partition coefficient (Wildman–Crippen LogP) is 3.84. The van der Waals surface area contributed by atoms with E-state index in [-0.39, 0.29) is 11.9 Å². The molecule has 8 nitrogen and oxygen atoms in total. The smallest absolute Gasteiger partial charge is 0.337 e. The Morgan fingerprint density at radius 2 is 1.82 bits per heavy atom. The first-order valence-corrected chi connectivity index (χ1v) is 10.9. The molecule has 0 bridgehead atoms. The zero-order valence-electron chi connectivity index (χ0n) is 19.0. The molecule has 1 aromatic heterocycles. The average molecular weight is 450 g/mol. The third-order valence-electron chi connectivity index (χ3n) is 5.70. The molecule has 2 heterocycles. The fourth-order valence-corrected chi connectivity index (χ4v) is 4.17. The van der Waals surface area contributed by atoms with E-state index in [1.54, 1.807) is 19.2 Å². The van der Waals surface area contributed by atoms with E-state index in [2.05, 4.69) is 10.2 Å². The number of esters is 1. The van der Waals surface area contributed by atoms with E-state index in [1.165, 1.54) is 7.11 Å². The topological polar surface area (TPSA) is 93.8 Å². The van der Waals surface area contributed by atoms with Gasteiger partial charge in [-0.25, -0.2) is 4.79 Å². The maximum Gasteiger partial charge on any atom is 0.337 e. The van der Waals surface area contributed by atoms with Crippen molar-refractivity contribution in [2.75, 3.05) is 34.0 Å². The number of H-pyrrole nitrogens is 1. The summed E-state index contributed by atoms with van der Waals surface area (Å²) < 4.78 is 15.6. The van der Waals surface area contributed by atoms with Crippen LogP contribution in [0.5, 0.6) is 5.75 Å². The summed E-state index contributed by atoms with van der Waals surface area (Å²) in [7, 11) is 3.00. The standard InChI is InChI=1S/C25H27N3O5/c1-4-33-19-12-10-16(11-13-19)21-20-22(27-26-21)24(29)28(14-5-15-31-2)23(20)17-6-8-18(9-7-17)25(30)32-3/h6-13,23H,4-5,14-15H2,1-3H3,(H,26,27). The molecule has 0 saturated carbocycles. The highest BCUT2D eigenvalue weighted by Crippen LogP contribution is 2.43. The van der Waals surface area contributed by atoms with Crippen LogP contribution >= 0.6 is 0 Å². The molecular formula is C25H27N3O5. The molecule has 0 radical (unpaired) electrons. The molecule has 1 aliphatic heterocycles. The van der Waals surface area contributed by atoms with Gasteiger partial charge < -0.3 is 19.1 Å². The van der Waals surface area contributed by atoms with E-state index in [1.807, 2.05) is 48.2 Å². The number of aromatic amines is 1. The van der Waals surface area contributed by atoms with Crippen LogP contribution in [0.3, 0.4) is 0 Å². The Balaban J connectivity index is 1.75. The molecule has 1 aliphatic rings. The summed E-state index contributed by atoms with van der Waals surface area (Å²) in [6, 6.07) is 14.5. The van der Waals surface area contributed by atoms with Gasteiger partial charge in [-0.15, -0.1) is 0 Å². The average Bonchev–Trinajstić information content (AvgIpc) is 3.39. The van der Waals surface area contributed by atoms with Gasteiger partial charge in [0.15, 0.2) is 0 Å². The molecule has 33 heavy (non-hydrogen) atoms. The molecule has 4 rings (SSSR count). The summed E-state index contributed by atoms with van der Waals surface area (Å²) in [5, 5.41) is 7.44. The molecule has 0 fully saturated rings. The van der Waals surface area contributed by atoms with E-state index in [0.29, 0.717) is 37.4 Å². The van der Waals surface area contributed by atoms with Crippen molar-refractivity contribution in [2.45, 2.75) is 19.4 Å². The molecule has 0 saturated heterocycles. The summed E-state index contributed by atoms with van der Waals surface area (Å²) >= 11 is 0. The SMILES string of the molecule is CCOc1ccc(-c2n[nH]c3c2C(c2ccc(C(=O)OC)cc2)N(CCCOC)C3=O)cc1. The Morgan fingerprint density at radius 3 is 2.45 bits per heavy atom. The second-order valence-corrected chi connectivity index (χ2v) is 7.68. The van der Waals surface area contributed by atoms with Gasteiger partial charge in [0.2, 0.25) is 0 Å². The third kappa shape index (κ3) is 4.34. The lowest BCUT2D eigenvalue weighted by Gasteiger charge is -2.26. The lowest BCUT2D eigenvalue weighted by atomic mass is 9.95. The molecule has 3 aromatic rings. The van der Waals surface area contributed by atoms with Crippen LogP contribution in [0.25, 0.3) is 11.3 Å². The van der Waals surface area contributed by atoms with E-state index in [0.717, 1.165) is 28.1 Å². The summed E-state index contributed by atoms with van der Waals surface area (Å²) in [6.07, 6.45) is 0.703. The molecule has 0 aliphatic carbocycles. The van der Waals surface area contributed by atoms with Gasteiger partial charge in [-0.2, -0.15) is 5.10 Å². The Kier molecular flexibility index (Phi) is 6.74. The fraction of sp³-hybridized carbons (Fsp3) is 0.320. The number of aromatic nitrogens is 2. The van der Waals surface area contributed by atoms with E-state index < -0.39 is 5.97 Å². The number of carbonyl (C=O) groups excluding carboxylic acids is 2. The van der Waals surface area contributed by atoms with Crippen LogP contribution < -0.4 is 4.74 Å².